The SMILES string of the molecule is CN(C)[C@H](CNC(=O)[C@H]1CCC[C@H](C(F)(F)F)C1)c1ccsc1. The van der Waals surface area contributed by atoms with Crippen LogP contribution in [0.4, 0.5) is 13.2 Å². The molecule has 0 radical (unpaired) electrons. The molecule has 1 aliphatic rings. The predicted octanol–water partition coefficient (Wildman–Crippen LogP) is 3.84. The summed E-state index contributed by atoms with van der Waals surface area (Å²) in [6, 6.07) is 2.04. The summed E-state index contributed by atoms with van der Waals surface area (Å²) in [5.74, 6) is -2.12. The zero-order valence-corrected chi connectivity index (χ0v) is 14.2. The number of hydrogen-bond donors (Lipinski definition) is 1. The summed E-state index contributed by atoms with van der Waals surface area (Å²) < 4.78 is 38.5. The van der Waals surface area contributed by atoms with Crippen LogP contribution >= 0.6 is 11.3 Å². The number of halogens is 3. The van der Waals surface area contributed by atoms with Crippen LogP contribution in [0.5, 0.6) is 0 Å². The molecule has 130 valence electrons. The summed E-state index contributed by atoms with van der Waals surface area (Å²) in [6.45, 7) is 0.412. The van der Waals surface area contributed by atoms with Crippen molar-refractivity contribution in [1.82, 2.24) is 10.2 Å². The molecule has 1 amide bonds. The summed E-state index contributed by atoms with van der Waals surface area (Å²) in [6.07, 6.45) is -3.13. The van der Waals surface area contributed by atoms with Crippen LogP contribution in [0, 0.1) is 11.8 Å². The first-order chi connectivity index (χ1) is 10.8. The van der Waals surface area contributed by atoms with Crippen molar-refractivity contribution < 1.29 is 18.0 Å². The molecule has 3 atom stereocenters. The zero-order chi connectivity index (χ0) is 17.0. The minimum atomic E-state index is -4.19. The Labute approximate surface area is 138 Å². The van der Waals surface area contributed by atoms with Crippen LogP contribution in [0.25, 0.3) is 0 Å². The Kier molecular flexibility index (Phi) is 6.08. The van der Waals surface area contributed by atoms with E-state index >= 15 is 0 Å². The van der Waals surface area contributed by atoms with Gasteiger partial charge >= 0.3 is 6.18 Å². The van der Waals surface area contributed by atoms with Crippen LogP contribution in [-0.2, 0) is 4.79 Å². The third kappa shape index (κ3) is 4.94. The van der Waals surface area contributed by atoms with Gasteiger partial charge in [0.2, 0.25) is 5.91 Å². The van der Waals surface area contributed by atoms with E-state index in [1.165, 1.54) is 0 Å². The monoisotopic (exact) mass is 348 g/mol. The maximum Gasteiger partial charge on any atom is 0.391 e. The molecule has 0 spiro atoms. The van der Waals surface area contributed by atoms with Gasteiger partial charge in [0.25, 0.3) is 0 Å². The fourth-order valence-electron chi connectivity index (χ4n) is 3.13. The number of likely N-dealkylation sites (N-methyl/N-ethyl adjacent to an activating group) is 1. The van der Waals surface area contributed by atoms with Gasteiger partial charge in [0.1, 0.15) is 0 Å². The first-order valence-electron chi connectivity index (χ1n) is 7.82. The molecular formula is C16H23F3N2OS. The van der Waals surface area contributed by atoms with Crippen molar-refractivity contribution in [2.24, 2.45) is 11.8 Å². The molecule has 1 N–H and O–H groups in total. The zero-order valence-electron chi connectivity index (χ0n) is 13.4. The molecule has 1 heterocycles. The second kappa shape index (κ2) is 7.66. The summed E-state index contributed by atoms with van der Waals surface area (Å²) >= 11 is 1.59. The van der Waals surface area contributed by atoms with Crippen molar-refractivity contribution in [1.29, 1.82) is 0 Å². The molecule has 0 aliphatic heterocycles. The lowest BCUT2D eigenvalue weighted by atomic mass is 9.80. The number of rotatable bonds is 5. The van der Waals surface area contributed by atoms with Gasteiger partial charge in [0.15, 0.2) is 0 Å². The molecule has 1 aromatic rings. The van der Waals surface area contributed by atoms with Gasteiger partial charge in [-0.2, -0.15) is 24.5 Å². The van der Waals surface area contributed by atoms with Crippen LogP contribution in [0.15, 0.2) is 16.8 Å². The Balaban J connectivity index is 1.91. The normalized spacial score (nSPS) is 23.7. The number of carbonyl (C=O) groups is 1. The summed E-state index contributed by atoms with van der Waals surface area (Å²) in [7, 11) is 3.85. The maximum atomic E-state index is 12.8. The van der Waals surface area contributed by atoms with Crippen molar-refractivity contribution in [2.75, 3.05) is 20.6 Å². The molecule has 7 heteroatoms. The molecule has 0 saturated heterocycles. The number of hydrogen-bond acceptors (Lipinski definition) is 3. The van der Waals surface area contributed by atoms with Gasteiger partial charge in [-0.1, -0.05) is 6.42 Å². The standard InChI is InChI=1S/C16H23F3N2OS/c1-21(2)14(12-6-7-23-10-12)9-20-15(22)11-4-3-5-13(8-11)16(17,18)19/h6-7,10-11,13-14H,3-5,8-9H2,1-2H3,(H,20,22)/t11-,13-,14+/m0/s1. The molecule has 23 heavy (non-hydrogen) atoms. The van der Waals surface area contributed by atoms with Crippen LogP contribution in [0.3, 0.4) is 0 Å². The largest absolute Gasteiger partial charge is 0.391 e. The number of amides is 1. The van der Waals surface area contributed by atoms with Crippen molar-refractivity contribution in [3.05, 3.63) is 22.4 Å². The first kappa shape index (κ1) is 18.3. The fourth-order valence-corrected chi connectivity index (χ4v) is 3.84. The number of alkyl halides is 3. The van der Waals surface area contributed by atoms with Crippen molar-refractivity contribution in [3.63, 3.8) is 0 Å². The highest BCUT2D eigenvalue weighted by molar-refractivity contribution is 7.07. The van der Waals surface area contributed by atoms with Gasteiger partial charge in [-0.3, -0.25) is 4.79 Å². The maximum absolute atomic E-state index is 12.8. The minimum Gasteiger partial charge on any atom is -0.354 e. The Morgan fingerprint density at radius 3 is 2.74 bits per heavy atom. The molecule has 1 saturated carbocycles. The van der Waals surface area contributed by atoms with E-state index in [-0.39, 0.29) is 24.8 Å². The van der Waals surface area contributed by atoms with Crippen LogP contribution in [0.2, 0.25) is 0 Å². The topological polar surface area (TPSA) is 32.3 Å². The molecule has 1 fully saturated rings. The van der Waals surface area contributed by atoms with E-state index in [0.717, 1.165) is 5.56 Å². The quantitative estimate of drug-likeness (QED) is 0.877. The first-order valence-corrected chi connectivity index (χ1v) is 8.76. The minimum absolute atomic E-state index is 0.0344. The number of carbonyl (C=O) groups excluding carboxylic acids is 1. The second-order valence-electron chi connectivity index (χ2n) is 6.38. The lowest BCUT2D eigenvalue weighted by molar-refractivity contribution is -0.186. The van der Waals surface area contributed by atoms with Crippen LogP contribution in [-0.4, -0.2) is 37.6 Å². The summed E-state index contributed by atoms with van der Waals surface area (Å²) in [5, 5.41) is 6.85. The van der Waals surface area contributed by atoms with Gasteiger partial charge in [-0.05, 0) is 55.7 Å². The molecule has 0 bridgehead atoms. The van der Waals surface area contributed by atoms with E-state index in [2.05, 4.69) is 5.32 Å². The highest BCUT2D eigenvalue weighted by atomic mass is 32.1. The number of nitrogens with zero attached hydrogens (tertiary/aromatic N) is 1. The van der Waals surface area contributed by atoms with E-state index in [1.807, 2.05) is 35.8 Å². The van der Waals surface area contributed by atoms with E-state index in [4.69, 9.17) is 0 Å². The summed E-state index contributed by atoms with van der Waals surface area (Å²) in [5.41, 5.74) is 1.11. The third-order valence-corrected chi connectivity index (χ3v) is 5.23. The molecule has 1 aromatic heterocycles. The Bertz CT molecular complexity index is 502. The highest BCUT2D eigenvalue weighted by Gasteiger charge is 2.43. The van der Waals surface area contributed by atoms with E-state index in [1.54, 1.807) is 11.3 Å². The van der Waals surface area contributed by atoms with Gasteiger partial charge in [-0.25, -0.2) is 0 Å². The van der Waals surface area contributed by atoms with Crippen molar-refractivity contribution in [3.8, 4) is 0 Å². The average molecular weight is 348 g/mol. The third-order valence-electron chi connectivity index (χ3n) is 4.53. The lowest BCUT2D eigenvalue weighted by Gasteiger charge is -2.30. The van der Waals surface area contributed by atoms with E-state index in [0.29, 0.717) is 19.4 Å². The number of thiophene rings is 1. The van der Waals surface area contributed by atoms with Crippen molar-refractivity contribution >= 4 is 17.2 Å². The fraction of sp³-hybridized carbons (Fsp3) is 0.688. The van der Waals surface area contributed by atoms with Gasteiger partial charge in [0, 0.05) is 12.5 Å². The van der Waals surface area contributed by atoms with Crippen LogP contribution < -0.4 is 5.32 Å². The molecule has 1 aliphatic carbocycles. The highest BCUT2D eigenvalue weighted by Crippen LogP contribution is 2.40. The molecule has 0 aromatic carbocycles. The average Bonchev–Trinajstić information content (AvgIpc) is 3.00. The Morgan fingerprint density at radius 1 is 1.43 bits per heavy atom. The van der Waals surface area contributed by atoms with Crippen LogP contribution in [0.1, 0.15) is 37.3 Å². The second-order valence-corrected chi connectivity index (χ2v) is 7.16. The Morgan fingerprint density at radius 2 is 2.17 bits per heavy atom. The van der Waals surface area contributed by atoms with E-state index in [9.17, 15) is 18.0 Å². The molecular weight excluding hydrogens is 325 g/mol. The van der Waals surface area contributed by atoms with Gasteiger partial charge in [-0.15, -0.1) is 0 Å². The smallest absolute Gasteiger partial charge is 0.354 e. The summed E-state index contributed by atoms with van der Waals surface area (Å²) in [4.78, 5) is 14.3. The Hall–Kier alpha value is -1.08. The van der Waals surface area contributed by atoms with E-state index < -0.39 is 18.0 Å². The number of nitrogens with one attached hydrogen (secondary N) is 1. The van der Waals surface area contributed by atoms with Gasteiger partial charge < -0.3 is 10.2 Å². The molecule has 2 rings (SSSR count). The lowest BCUT2D eigenvalue weighted by Crippen LogP contribution is -2.40. The molecule has 3 nitrogen and oxygen atoms in total. The molecule has 0 unspecified atom stereocenters. The van der Waals surface area contributed by atoms with Crippen molar-refractivity contribution in [2.45, 2.75) is 37.9 Å². The predicted molar refractivity (Wildman–Crippen MR) is 85.3 cm³/mol. The van der Waals surface area contributed by atoms with Gasteiger partial charge in [0.05, 0.1) is 12.0 Å².